The molecule has 0 bridgehead atoms. The van der Waals surface area contributed by atoms with Gasteiger partial charge in [0.2, 0.25) is 0 Å². The fraction of sp³-hybridized carbons (Fsp3) is 0.308. The van der Waals surface area contributed by atoms with Crippen molar-refractivity contribution >= 4 is 32.5 Å². The molecule has 0 amide bonds. The first-order valence-electron chi connectivity index (χ1n) is 5.62. The minimum Gasteiger partial charge on any atom is -0.394 e. The van der Waals surface area contributed by atoms with Gasteiger partial charge in [-0.15, -0.1) is 0 Å². The molecular formula is C13H15BrN2OS. The normalized spacial score (nSPS) is 11.6. The zero-order chi connectivity index (χ0) is 13.2. The van der Waals surface area contributed by atoms with E-state index in [1.165, 1.54) is 11.5 Å². The van der Waals surface area contributed by atoms with Gasteiger partial charge in [-0.3, -0.25) is 0 Å². The van der Waals surface area contributed by atoms with Crippen LogP contribution in [-0.4, -0.2) is 21.6 Å². The van der Waals surface area contributed by atoms with Crippen LogP contribution in [-0.2, 0) is 0 Å². The van der Waals surface area contributed by atoms with Crippen molar-refractivity contribution in [3.8, 4) is 11.3 Å². The van der Waals surface area contributed by atoms with E-state index in [-0.39, 0.29) is 12.1 Å². The molecule has 2 aromatic rings. The molecule has 1 heterocycles. The van der Waals surface area contributed by atoms with E-state index in [1.54, 1.807) is 0 Å². The Bertz CT molecular complexity index is 522. The summed E-state index contributed by atoms with van der Waals surface area (Å²) in [4.78, 5) is 0. The summed E-state index contributed by atoms with van der Waals surface area (Å²) in [6, 6.07) is 10.1. The molecule has 0 atom stereocenters. The smallest absolute Gasteiger partial charge is 0.110 e. The molecule has 18 heavy (non-hydrogen) atoms. The Morgan fingerprint density at radius 1 is 1.33 bits per heavy atom. The lowest BCUT2D eigenvalue weighted by Gasteiger charge is -2.23. The number of nitrogens with zero attached hydrogens (tertiary/aromatic N) is 1. The summed E-state index contributed by atoms with van der Waals surface area (Å²) in [7, 11) is 0. The Hall–Kier alpha value is -0.910. The van der Waals surface area contributed by atoms with Gasteiger partial charge in [-0.05, 0) is 37.5 Å². The van der Waals surface area contributed by atoms with E-state index in [9.17, 15) is 5.11 Å². The van der Waals surface area contributed by atoms with Crippen molar-refractivity contribution in [1.82, 2.24) is 4.37 Å². The van der Waals surface area contributed by atoms with Crippen LogP contribution in [0, 0.1) is 0 Å². The van der Waals surface area contributed by atoms with Crippen molar-refractivity contribution in [2.45, 2.75) is 19.4 Å². The molecule has 0 unspecified atom stereocenters. The zero-order valence-corrected chi connectivity index (χ0v) is 12.7. The average Bonchev–Trinajstić information content (AvgIpc) is 2.78. The highest BCUT2D eigenvalue weighted by Crippen LogP contribution is 2.28. The van der Waals surface area contributed by atoms with Gasteiger partial charge >= 0.3 is 0 Å². The predicted octanol–water partition coefficient (Wildman–Crippen LogP) is 3.76. The SMILES string of the molecule is CC(C)(CO)Nc1cc(-c2ccc(Br)cc2)ns1. The lowest BCUT2D eigenvalue weighted by molar-refractivity contribution is 0.234. The third-order valence-corrected chi connectivity index (χ3v) is 3.74. The van der Waals surface area contributed by atoms with Gasteiger partial charge in [0.1, 0.15) is 5.00 Å². The number of halogens is 1. The van der Waals surface area contributed by atoms with Crippen LogP contribution in [0.25, 0.3) is 11.3 Å². The van der Waals surface area contributed by atoms with Crippen molar-refractivity contribution in [1.29, 1.82) is 0 Å². The first kappa shape index (κ1) is 13.5. The van der Waals surface area contributed by atoms with Gasteiger partial charge in [0.05, 0.1) is 17.8 Å². The number of rotatable bonds is 4. The number of aliphatic hydroxyl groups excluding tert-OH is 1. The Kier molecular flexibility index (Phi) is 4.04. The highest BCUT2D eigenvalue weighted by atomic mass is 79.9. The molecular weight excluding hydrogens is 312 g/mol. The molecule has 1 aromatic heterocycles. The molecule has 3 nitrogen and oxygen atoms in total. The maximum absolute atomic E-state index is 9.23. The van der Waals surface area contributed by atoms with Crippen LogP contribution in [0.5, 0.6) is 0 Å². The van der Waals surface area contributed by atoms with Crippen LogP contribution in [0.1, 0.15) is 13.8 Å². The van der Waals surface area contributed by atoms with Crippen LogP contribution in [0.3, 0.4) is 0 Å². The number of hydrogen-bond donors (Lipinski definition) is 2. The molecule has 0 aliphatic heterocycles. The van der Waals surface area contributed by atoms with E-state index in [4.69, 9.17) is 0 Å². The minimum atomic E-state index is -0.330. The second-order valence-corrected chi connectivity index (χ2v) is 6.47. The van der Waals surface area contributed by atoms with Gasteiger partial charge in [-0.2, -0.15) is 4.37 Å². The Balaban J connectivity index is 2.18. The third kappa shape index (κ3) is 3.31. The first-order chi connectivity index (χ1) is 8.50. The second kappa shape index (κ2) is 5.38. The van der Waals surface area contributed by atoms with Crippen LogP contribution in [0.15, 0.2) is 34.8 Å². The highest BCUT2D eigenvalue weighted by molar-refractivity contribution is 9.10. The van der Waals surface area contributed by atoms with Crippen molar-refractivity contribution in [3.63, 3.8) is 0 Å². The highest BCUT2D eigenvalue weighted by Gasteiger charge is 2.17. The molecule has 0 aliphatic carbocycles. The Labute approximate surface area is 119 Å². The van der Waals surface area contributed by atoms with Crippen LogP contribution < -0.4 is 5.32 Å². The van der Waals surface area contributed by atoms with Crippen molar-refractivity contribution in [2.75, 3.05) is 11.9 Å². The molecule has 1 aromatic carbocycles. The van der Waals surface area contributed by atoms with Gasteiger partial charge in [0, 0.05) is 16.1 Å². The van der Waals surface area contributed by atoms with Crippen molar-refractivity contribution in [2.24, 2.45) is 0 Å². The third-order valence-electron chi connectivity index (χ3n) is 2.51. The summed E-state index contributed by atoms with van der Waals surface area (Å²) < 4.78 is 5.47. The number of hydrogen-bond acceptors (Lipinski definition) is 4. The van der Waals surface area contributed by atoms with E-state index >= 15 is 0 Å². The van der Waals surface area contributed by atoms with E-state index in [0.29, 0.717) is 0 Å². The Morgan fingerprint density at radius 3 is 2.61 bits per heavy atom. The summed E-state index contributed by atoms with van der Waals surface area (Å²) in [6.45, 7) is 3.98. The lowest BCUT2D eigenvalue weighted by atomic mass is 10.1. The van der Waals surface area contributed by atoms with Gasteiger partial charge < -0.3 is 10.4 Å². The molecule has 5 heteroatoms. The average molecular weight is 327 g/mol. The molecule has 0 fully saturated rings. The monoisotopic (exact) mass is 326 g/mol. The number of anilines is 1. The van der Waals surface area contributed by atoms with Crippen LogP contribution >= 0.6 is 27.5 Å². The molecule has 96 valence electrons. The lowest BCUT2D eigenvalue weighted by Crippen LogP contribution is -2.34. The number of aliphatic hydroxyl groups is 1. The standard InChI is InChI=1S/C13H15BrN2OS/c1-13(2,8-17)15-12-7-11(16-18-12)9-3-5-10(14)6-4-9/h3-7,15,17H,8H2,1-2H3. The molecule has 0 saturated heterocycles. The predicted molar refractivity (Wildman–Crippen MR) is 80.0 cm³/mol. The maximum Gasteiger partial charge on any atom is 0.110 e. The molecule has 2 N–H and O–H groups in total. The first-order valence-corrected chi connectivity index (χ1v) is 7.18. The fourth-order valence-electron chi connectivity index (χ4n) is 1.46. The van der Waals surface area contributed by atoms with Crippen LogP contribution in [0.2, 0.25) is 0 Å². The van der Waals surface area contributed by atoms with E-state index in [2.05, 4.69) is 25.6 Å². The maximum atomic E-state index is 9.23. The summed E-state index contributed by atoms with van der Waals surface area (Å²) in [5.41, 5.74) is 1.71. The fourth-order valence-corrected chi connectivity index (χ4v) is 2.57. The van der Waals surface area contributed by atoms with Gasteiger partial charge in [-0.25, -0.2) is 0 Å². The molecule has 0 aliphatic rings. The second-order valence-electron chi connectivity index (χ2n) is 4.75. The number of nitrogens with one attached hydrogen (secondary N) is 1. The van der Waals surface area contributed by atoms with Crippen molar-refractivity contribution < 1.29 is 5.11 Å². The van der Waals surface area contributed by atoms with E-state index in [0.717, 1.165) is 20.7 Å². The Morgan fingerprint density at radius 2 is 2.00 bits per heavy atom. The minimum absolute atomic E-state index is 0.0819. The number of aromatic nitrogens is 1. The molecule has 2 rings (SSSR count). The summed E-state index contributed by atoms with van der Waals surface area (Å²) in [5, 5.41) is 13.5. The molecule has 0 saturated carbocycles. The zero-order valence-electron chi connectivity index (χ0n) is 10.3. The van der Waals surface area contributed by atoms with Gasteiger partial charge in [-0.1, -0.05) is 28.1 Å². The van der Waals surface area contributed by atoms with Gasteiger partial charge in [0.25, 0.3) is 0 Å². The van der Waals surface area contributed by atoms with Crippen LogP contribution in [0.4, 0.5) is 5.00 Å². The van der Waals surface area contributed by atoms with E-state index in [1.807, 2.05) is 44.2 Å². The van der Waals surface area contributed by atoms with Crippen molar-refractivity contribution in [3.05, 3.63) is 34.8 Å². The largest absolute Gasteiger partial charge is 0.394 e. The van der Waals surface area contributed by atoms with Gasteiger partial charge in [0.15, 0.2) is 0 Å². The summed E-state index contributed by atoms with van der Waals surface area (Å²) in [5.74, 6) is 0. The van der Waals surface area contributed by atoms with E-state index < -0.39 is 0 Å². The topological polar surface area (TPSA) is 45.1 Å². The molecule has 0 spiro atoms. The quantitative estimate of drug-likeness (QED) is 0.899. The molecule has 0 radical (unpaired) electrons. The summed E-state index contributed by atoms with van der Waals surface area (Å²) in [6.07, 6.45) is 0. The summed E-state index contributed by atoms with van der Waals surface area (Å²) >= 11 is 4.82. The number of benzene rings is 1.